The molecule has 156 valence electrons. The van der Waals surface area contributed by atoms with Crippen LogP contribution in [0.15, 0.2) is 42.5 Å². The fourth-order valence-electron chi connectivity index (χ4n) is 4.43. The van der Waals surface area contributed by atoms with Gasteiger partial charge in [0.1, 0.15) is 5.69 Å². The zero-order chi connectivity index (χ0) is 20.1. The highest BCUT2D eigenvalue weighted by Gasteiger charge is 2.24. The van der Waals surface area contributed by atoms with Crippen molar-refractivity contribution >= 4 is 16.5 Å². The van der Waals surface area contributed by atoms with Crippen molar-refractivity contribution in [2.45, 2.75) is 90.9 Å². The first-order valence-corrected chi connectivity index (χ1v) is 12.0. The Bertz CT molecular complexity index is 657. The van der Waals surface area contributed by atoms with Gasteiger partial charge in [0.2, 0.25) is 0 Å². The number of nitrogens with zero attached hydrogens (tertiary/aromatic N) is 1. The van der Waals surface area contributed by atoms with E-state index in [4.69, 9.17) is 0 Å². The quantitative estimate of drug-likeness (QED) is 0.214. The molecule has 2 rings (SSSR count). The van der Waals surface area contributed by atoms with Crippen molar-refractivity contribution in [1.29, 1.82) is 0 Å². The topological polar surface area (TPSA) is 0 Å². The molecule has 0 heterocycles. The largest absolute Gasteiger partial charge is 0.293 e. The maximum absolute atomic E-state index is 2.42. The smallest absolute Gasteiger partial charge is 0.140 e. The molecule has 0 saturated heterocycles. The Morgan fingerprint density at radius 3 is 1.75 bits per heavy atom. The summed E-state index contributed by atoms with van der Waals surface area (Å²) in [6.45, 7) is 7.04. The molecule has 0 radical (unpaired) electrons. The summed E-state index contributed by atoms with van der Waals surface area (Å²) in [6, 6.07) is 15.7. The van der Waals surface area contributed by atoms with Crippen molar-refractivity contribution in [3.05, 3.63) is 42.5 Å². The fraction of sp³-hybridized carbons (Fsp3) is 0.630. The van der Waals surface area contributed by atoms with Gasteiger partial charge in [0, 0.05) is 5.39 Å². The van der Waals surface area contributed by atoms with Gasteiger partial charge in [-0.15, -0.1) is 0 Å². The average Bonchev–Trinajstić information content (AvgIpc) is 2.74. The molecule has 0 N–H and O–H groups in total. The van der Waals surface area contributed by atoms with Gasteiger partial charge in [0.05, 0.1) is 20.1 Å². The summed E-state index contributed by atoms with van der Waals surface area (Å²) >= 11 is 0. The second-order valence-corrected chi connectivity index (χ2v) is 8.82. The Kier molecular flexibility index (Phi) is 10.6. The van der Waals surface area contributed by atoms with Crippen LogP contribution in [0.1, 0.15) is 90.9 Å². The summed E-state index contributed by atoms with van der Waals surface area (Å²) in [5, 5.41) is 2.79. The van der Waals surface area contributed by atoms with E-state index in [1.165, 1.54) is 100 Å². The molecule has 0 bridgehead atoms. The van der Waals surface area contributed by atoms with E-state index in [1.54, 1.807) is 0 Å². The highest BCUT2D eigenvalue weighted by Crippen LogP contribution is 2.31. The number of hydrogen-bond donors (Lipinski definition) is 0. The minimum Gasteiger partial charge on any atom is -0.293 e. The molecule has 2 aromatic rings. The lowest BCUT2D eigenvalue weighted by Crippen LogP contribution is -2.45. The summed E-state index contributed by atoms with van der Waals surface area (Å²) in [5.74, 6) is 0. The highest BCUT2D eigenvalue weighted by atomic mass is 15.3. The maximum Gasteiger partial charge on any atom is 0.140 e. The van der Waals surface area contributed by atoms with Crippen LogP contribution in [0, 0.1) is 0 Å². The lowest BCUT2D eigenvalue weighted by atomic mass is 10.0. The average molecular weight is 383 g/mol. The van der Waals surface area contributed by atoms with Gasteiger partial charge in [-0.1, -0.05) is 101 Å². The third kappa shape index (κ3) is 7.24. The molecule has 0 aliphatic rings. The fourth-order valence-corrected chi connectivity index (χ4v) is 4.43. The lowest BCUT2D eigenvalue weighted by Gasteiger charge is -2.34. The van der Waals surface area contributed by atoms with Crippen LogP contribution in [-0.4, -0.2) is 20.1 Å². The van der Waals surface area contributed by atoms with Crippen LogP contribution in [0.25, 0.3) is 10.8 Å². The van der Waals surface area contributed by atoms with Crippen molar-refractivity contribution in [2.24, 2.45) is 0 Å². The Balaban J connectivity index is 1.67. The van der Waals surface area contributed by atoms with Gasteiger partial charge < -0.3 is 0 Å². The van der Waals surface area contributed by atoms with Crippen LogP contribution in [-0.2, 0) is 0 Å². The third-order valence-electron chi connectivity index (χ3n) is 6.55. The number of hydrogen-bond acceptors (Lipinski definition) is 0. The van der Waals surface area contributed by atoms with E-state index in [0.29, 0.717) is 0 Å². The highest BCUT2D eigenvalue weighted by molar-refractivity contribution is 5.93. The molecule has 0 amide bonds. The predicted molar refractivity (Wildman–Crippen MR) is 128 cm³/mol. The van der Waals surface area contributed by atoms with Crippen LogP contribution in [0.5, 0.6) is 0 Å². The van der Waals surface area contributed by atoms with Crippen LogP contribution < -0.4 is 4.48 Å². The molecular weight excluding hydrogens is 338 g/mol. The number of benzene rings is 2. The molecule has 1 nitrogen and oxygen atoms in total. The molecule has 1 atom stereocenters. The summed E-state index contributed by atoms with van der Waals surface area (Å²) in [4.78, 5) is 0. The SMILES string of the molecule is CCCCCCCCCCCCCC[N+](C)(CC)c1cccc2ccccc12. The first-order valence-electron chi connectivity index (χ1n) is 12.0. The van der Waals surface area contributed by atoms with E-state index in [2.05, 4.69) is 63.4 Å². The van der Waals surface area contributed by atoms with Crippen molar-refractivity contribution in [3.8, 4) is 0 Å². The molecule has 0 spiro atoms. The summed E-state index contributed by atoms with van der Waals surface area (Å²) in [5.41, 5.74) is 1.49. The van der Waals surface area contributed by atoms with E-state index in [0.717, 1.165) is 11.0 Å². The predicted octanol–water partition coefficient (Wildman–Crippen LogP) is 8.50. The molecule has 1 unspecified atom stereocenters. The molecule has 0 aliphatic heterocycles. The van der Waals surface area contributed by atoms with Gasteiger partial charge >= 0.3 is 0 Å². The van der Waals surface area contributed by atoms with Gasteiger partial charge in [0.15, 0.2) is 0 Å². The van der Waals surface area contributed by atoms with Crippen molar-refractivity contribution < 1.29 is 0 Å². The standard InChI is InChI=1S/C27H44N/c1-4-6-7-8-9-10-11-12-13-14-15-18-24-28(3,5-2)27-23-19-21-25-20-16-17-22-26(25)27/h16-17,19-23H,4-15,18,24H2,1-3H3/q+1. The summed E-state index contributed by atoms with van der Waals surface area (Å²) in [7, 11) is 2.42. The van der Waals surface area contributed by atoms with Crippen LogP contribution in [0.2, 0.25) is 0 Å². The zero-order valence-electron chi connectivity index (χ0n) is 18.9. The van der Waals surface area contributed by atoms with E-state index in [9.17, 15) is 0 Å². The molecule has 0 fully saturated rings. The lowest BCUT2D eigenvalue weighted by molar-refractivity contribution is 0.337. The third-order valence-corrected chi connectivity index (χ3v) is 6.55. The number of unbranched alkanes of at least 4 members (excludes halogenated alkanes) is 11. The Labute approximate surface area is 174 Å². The normalized spacial score (nSPS) is 13.7. The number of fused-ring (bicyclic) bond motifs is 1. The number of quaternary nitrogens is 1. The monoisotopic (exact) mass is 382 g/mol. The minimum atomic E-state index is 1.05. The van der Waals surface area contributed by atoms with Crippen LogP contribution >= 0.6 is 0 Å². The van der Waals surface area contributed by atoms with Crippen molar-refractivity contribution in [2.75, 3.05) is 20.1 Å². The Hall–Kier alpha value is -1.34. The second kappa shape index (κ2) is 13.0. The molecule has 1 heteroatoms. The van der Waals surface area contributed by atoms with Gasteiger partial charge in [-0.25, -0.2) is 0 Å². The van der Waals surface area contributed by atoms with E-state index >= 15 is 0 Å². The van der Waals surface area contributed by atoms with Gasteiger partial charge in [-0.2, -0.15) is 0 Å². The number of rotatable bonds is 15. The van der Waals surface area contributed by atoms with Crippen LogP contribution in [0.4, 0.5) is 5.69 Å². The summed E-state index contributed by atoms with van der Waals surface area (Å²) < 4.78 is 1.05. The van der Waals surface area contributed by atoms with E-state index in [1.807, 2.05) is 0 Å². The Morgan fingerprint density at radius 1 is 0.607 bits per heavy atom. The van der Waals surface area contributed by atoms with Gasteiger partial charge in [-0.05, 0) is 37.3 Å². The van der Waals surface area contributed by atoms with E-state index in [-0.39, 0.29) is 0 Å². The van der Waals surface area contributed by atoms with Gasteiger partial charge in [0.25, 0.3) is 0 Å². The molecule has 0 saturated carbocycles. The second-order valence-electron chi connectivity index (χ2n) is 8.82. The molecule has 0 aliphatic carbocycles. The minimum absolute atomic E-state index is 1.05. The molecule has 2 aromatic carbocycles. The first-order chi connectivity index (χ1) is 13.7. The van der Waals surface area contributed by atoms with E-state index < -0.39 is 0 Å². The van der Waals surface area contributed by atoms with Crippen molar-refractivity contribution in [3.63, 3.8) is 0 Å². The zero-order valence-corrected chi connectivity index (χ0v) is 18.9. The van der Waals surface area contributed by atoms with Gasteiger partial charge in [-0.3, -0.25) is 4.48 Å². The molecule has 0 aromatic heterocycles. The molecular formula is C27H44N+. The maximum atomic E-state index is 2.42. The Morgan fingerprint density at radius 2 is 1.14 bits per heavy atom. The first kappa shape index (κ1) is 22.9. The van der Waals surface area contributed by atoms with Crippen molar-refractivity contribution in [1.82, 2.24) is 4.48 Å². The summed E-state index contributed by atoms with van der Waals surface area (Å²) in [6.07, 6.45) is 17.0. The van der Waals surface area contributed by atoms with Crippen LogP contribution in [0.3, 0.4) is 0 Å². The molecule has 28 heavy (non-hydrogen) atoms.